The Labute approximate surface area is 153 Å². The standard InChI is InChI=1S/C17H19N5O3S/c1-21(8-13-18-12-4-6-26-15(12)16(23)19-13)17(24)11-7-22(2)20-14(11)10-3-5-25-9-10/h4,6-7,10H,3,5,8-9H2,1-2H3,(H,18,19,23). The number of fused-ring (bicyclic) bond motifs is 1. The number of amides is 1. The molecule has 1 unspecified atom stereocenters. The van der Waals surface area contributed by atoms with Crippen LogP contribution in [0.2, 0.25) is 0 Å². The molecule has 1 aliphatic rings. The maximum absolute atomic E-state index is 13.0. The van der Waals surface area contributed by atoms with Crippen LogP contribution in [0.25, 0.3) is 10.2 Å². The lowest BCUT2D eigenvalue weighted by molar-refractivity contribution is 0.0779. The number of hydrogen-bond acceptors (Lipinski definition) is 6. The maximum atomic E-state index is 13.0. The minimum atomic E-state index is -0.175. The molecule has 1 amide bonds. The van der Waals surface area contributed by atoms with E-state index in [1.54, 1.807) is 35.9 Å². The molecule has 0 aromatic carbocycles. The van der Waals surface area contributed by atoms with Gasteiger partial charge in [0.05, 0.1) is 29.9 Å². The van der Waals surface area contributed by atoms with E-state index in [-0.39, 0.29) is 23.9 Å². The van der Waals surface area contributed by atoms with Crippen LogP contribution in [0, 0.1) is 0 Å². The molecule has 3 aromatic heterocycles. The normalized spacial score (nSPS) is 17.1. The van der Waals surface area contributed by atoms with Gasteiger partial charge in [-0.2, -0.15) is 5.10 Å². The number of H-pyrrole nitrogens is 1. The lowest BCUT2D eigenvalue weighted by atomic mass is 10.0. The minimum Gasteiger partial charge on any atom is -0.381 e. The minimum absolute atomic E-state index is 0.142. The Kier molecular flexibility index (Phi) is 4.33. The SMILES string of the molecule is CN(Cc1nc2ccsc2c(=O)[nH]1)C(=O)c1cn(C)nc1C1CCOC1. The van der Waals surface area contributed by atoms with Crippen molar-refractivity contribution in [1.82, 2.24) is 24.6 Å². The zero-order valence-corrected chi connectivity index (χ0v) is 15.4. The summed E-state index contributed by atoms with van der Waals surface area (Å²) in [7, 11) is 3.50. The van der Waals surface area contributed by atoms with Crippen LogP contribution in [-0.2, 0) is 18.3 Å². The summed E-state index contributed by atoms with van der Waals surface area (Å²) >= 11 is 1.35. The number of aromatic nitrogens is 4. The van der Waals surface area contributed by atoms with E-state index in [4.69, 9.17) is 4.74 Å². The van der Waals surface area contributed by atoms with E-state index in [2.05, 4.69) is 15.1 Å². The highest BCUT2D eigenvalue weighted by Gasteiger charge is 2.28. The van der Waals surface area contributed by atoms with E-state index >= 15 is 0 Å². The van der Waals surface area contributed by atoms with Gasteiger partial charge >= 0.3 is 0 Å². The topological polar surface area (TPSA) is 93.1 Å². The summed E-state index contributed by atoms with van der Waals surface area (Å²) in [4.78, 5) is 33.8. The molecular formula is C17H19N5O3S. The number of thiophene rings is 1. The quantitative estimate of drug-likeness (QED) is 0.748. The Bertz CT molecular complexity index is 1010. The number of hydrogen-bond donors (Lipinski definition) is 1. The molecule has 0 bridgehead atoms. The van der Waals surface area contributed by atoms with Gasteiger partial charge in [0.2, 0.25) is 0 Å². The number of aryl methyl sites for hydroxylation is 1. The van der Waals surface area contributed by atoms with Gasteiger partial charge in [0.25, 0.3) is 11.5 Å². The predicted octanol–water partition coefficient (Wildman–Crippen LogP) is 1.49. The van der Waals surface area contributed by atoms with Crippen molar-refractivity contribution >= 4 is 27.5 Å². The molecule has 1 aliphatic heterocycles. The van der Waals surface area contributed by atoms with Crippen LogP contribution < -0.4 is 5.56 Å². The average Bonchev–Trinajstić information content (AvgIpc) is 3.33. The van der Waals surface area contributed by atoms with Gasteiger partial charge in [0, 0.05) is 32.8 Å². The molecule has 9 heteroatoms. The van der Waals surface area contributed by atoms with Gasteiger partial charge in [0.15, 0.2) is 0 Å². The highest BCUT2D eigenvalue weighted by molar-refractivity contribution is 7.17. The van der Waals surface area contributed by atoms with Gasteiger partial charge in [-0.15, -0.1) is 11.3 Å². The molecule has 1 N–H and O–H groups in total. The first-order valence-electron chi connectivity index (χ1n) is 8.36. The van der Waals surface area contributed by atoms with Crippen LogP contribution in [0.4, 0.5) is 0 Å². The summed E-state index contributed by atoms with van der Waals surface area (Å²) in [5.41, 5.74) is 1.83. The van der Waals surface area contributed by atoms with E-state index in [9.17, 15) is 9.59 Å². The molecule has 1 fully saturated rings. The zero-order chi connectivity index (χ0) is 18.3. The fourth-order valence-electron chi connectivity index (χ4n) is 3.22. The van der Waals surface area contributed by atoms with Crippen molar-refractivity contribution in [3.63, 3.8) is 0 Å². The molecule has 1 atom stereocenters. The summed E-state index contributed by atoms with van der Waals surface area (Å²) in [6.07, 6.45) is 2.61. The third-order valence-corrected chi connectivity index (χ3v) is 5.40. The highest BCUT2D eigenvalue weighted by Crippen LogP contribution is 2.27. The van der Waals surface area contributed by atoms with Crippen molar-refractivity contribution in [3.05, 3.63) is 45.1 Å². The first kappa shape index (κ1) is 16.9. The number of ether oxygens (including phenoxy) is 1. The Morgan fingerprint density at radius 2 is 2.38 bits per heavy atom. The molecule has 0 spiro atoms. The fraction of sp³-hybridized carbons (Fsp3) is 0.412. The lowest BCUT2D eigenvalue weighted by Gasteiger charge is -2.17. The highest BCUT2D eigenvalue weighted by atomic mass is 32.1. The van der Waals surface area contributed by atoms with Gasteiger partial charge in [-0.1, -0.05) is 0 Å². The van der Waals surface area contributed by atoms with Crippen LogP contribution in [0.3, 0.4) is 0 Å². The van der Waals surface area contributed by atoms with E-state index < -0.39 is 0 Å². The van der Waals surface area contributed by atoms with Crippen LogP contribution in [0.1, 0.15) is 34.2 Å². The molecule has 0 aliphatic carbocycles. The number of aromatic amines is 1. The van der Waals surface area contributed by atoms with Crippen molar-refractivity contribution in [2.24, 2.45) is 7.05 Å². The number of carbonyl (C=O) groups is 1. The molecule has 4 heterocycles. The summed E-state index contributed by atoms with van der Waals surface area (Å²) in [6.45, 7) is 1.50. The van der Waals surface area contributed by atoms with Crippen LogP contribution >= 0.6 is 11.3 Å². The predicted molar refractivity (Wildman–Crippen MR) is 97.4 cm³/mol. The summed E-state index contributed by atoms with van der Waals surface area (Å²) < 4.78 is 7.69. The van der Waals surface area contributed by atoms with Gasteiger partial charge in [-0.3, -0.25) is 14.3 Å². The first-order chi connectivity index (χ1) is 12.5. The molecule has 4 rings (SSSR count). The molecule has 1 saturated heterocycles. The molecule has 3 aromatic rings. The average molecular weight is 373 g/mol. The number of nitrogens with one attached hydrogen (secondary N) is 1. The maximum Gasteiger partial charge on any atom is 0.268 e. The number of carbonyl (C=O) groups excluding carboxylic acids is 1. The van der Waals surface area contributed by atoms with Crippen LogP contribution in [0.15, 0.2) is 22.4 Å². The second kappa shape index (κ2) is 6.65. The number of nitrogens with zero attached hydrogens (tertiary/aromatic N) is 4. The largest absolute Gasteiger partial charge is 0.381 e. The third-order valence-electron chi connectivity index (χ3n) is 4.50. The van der Waals surface area contributed by atoms with Crippen LogP contribution in [-0.4, -0.2) is 50.8 Å². The Hall–Kier alpha value is -2.52. The Morgan fingerprint density at radius 1 is 1.54 bits per heavy atom. The molecule has 26 heavy (non-hydrogen) atoms. The molecular weight excluding hydrogens is 354 g/mol. The number of rotatable bonds is 4. The van der Waals surface area contributed by atoms with Crippen molar-refractivity contribution in [1.29, 1.82) is 0 Å². The smallest absolute Gasteiger partial charge is 0.268 e. The van der Waals surface area contributed by atoms with Crippen molar-refractivity contribution in [3.8, 4) is 0 Å². The summed E-state index contributed by atoms with van der Waals surface area (Å²) in [5, 5.41) is 6.30. The lowest BCUT2D eigenvalue weighted by Crippen LogP contribution is -2.29. The van der Waals surface area contributed by atoms with Crippen molar-refractivity contribution in [2.75, 3.05) is 20.3 Å². The van der Waals surface area contributed by atoms with Gasteiger partial charge in [-0.25, -0.2) is 4.98 Å². The molecule has 8 nitrogen and oxygen atoms in total. The Balaban J connectivity index is 1.59. The molecule has 136 valence electrons. The first-order valence-corrected chi connectivity index (χ1v) is 9.24. The summed E-state index contributed by atoms with van der Waals surface area (Å²) in [6, 6.07) is 1.81. The van der Waals surface area contributed by atoms with E-state index in [1.807, 2.05) is 5.38 Å². The second-order valence-electron chi connectivity index (χ2n) is 6.47. The van der Waals surface area contributed by atoms with Crippen molar-refractivity contribution in [2.45, 2.75) is 18.9 Å². The monoisotopic (exact) mass is 373 g/mol. The third kappa shape index (κ3) is 3.04. The van der Waals surface area contributed by atoms with E-state index in [0.29, 0.717) is 34.8 Å². The van der Waals surface area contributed by atoms with Crippen LogP contribution in [0.5, 0.6) is 0 Å². The van der Waals surface area contributed by atoms with E-state index in [1.165, 1.54) is 11.3 Å². The Morgan fingerprint density at radius 3 is 3.15 bits per heavy atom. The second-order valence-corrected chi connectivity index (χ2v) is 7.39. The zero-order valence-electron chi connectivity index (χ0n) is 14.6. The van der Waals surface area contributed by atoms with Gasteiger partial charge in [-0.05, 0) is 17.9 Å². The molecule has 0 radical (unpaired) electrons. The van der Waals surface area contributed by atoms with Crippen molar-refractivity contribution < 1.29 is 9.53 Å². The van der Waals surface area contributed by atoms with E-state index in [0.717, 1.165) is 12.1 Å². The summed E-state index contributed by atoms with van der Waals surface area (Å²) in [5.74, 6) is 0.461. The molecule has 0 saturated carbocycles. The van der Waals surface area contributed by atoms with Gasteiger partial charge < -0.3 is 14.6 Å². The fourth-order valence-corrected chi connectivity index (χ4v) is 3.95. The van der Waals surface area contributed by atoms with Gasteiger partial charge in [0.1, 0.15) is 10.5 Å².